The van der Waals surface area contributed by atoms with Gasteiger partial charge in [0.05, 0.1) is 24.5 Å². The highest BCUT2D eigenvalue weighted by Gasteiger charge is 2.27. The summed E-state index contributed by atoms with van der Waals surface area (Å²) in [5, 5.41) is 6.37. The highest BCUT2D eigenvalue weighted by atomic mass is 16.5. The Kier molecular flexibility index (Phi) is 3.50. The average Bonchev–Trinajstić information content (AvgIpc) is 2.76. The third-order valence-corrected chi connectivity index (χ3v) is 2.68. The van der Waals surface area contributed by atoms with E-state index < -0.39 is 5.91 Å². The molecule has 2 atom stereocenters. The number of carbonyl (C=O) groups excluding carboxylic acids is 1. The van der Waals surface area contributed by atoms with E-state index in [1.165, 1.54) is 6.20 Å². The summed E-state index contributed by atoms with van der Waals surface area (Å²) in [6.45, 7) is 1.57. The van der Waals surface area contributed by atoms with E-state index in [9.17, 15) is 4.79 Å². The Morgan fingerprint density at radius 2 is 2.41 bits per heavy atom. The van der Waals surface area contributed by atoms with E-state index in [0.717, 1.165) is 13.1 Å². The van der Waals surface area contributed by atoms with E-state index in [1.54, 1.807) is 13.3 Å². The molecule has 17 heavy (non-hydrogen) atoms. The lowest BCUT2D eigenvalue weighted by Gasteiger charge is -2.18. The van der Waals surface area contributed by atoms with Crippen molar-refractivity contribution in [3.63, 3.8) is 0 Å². The molecule has 1 aromatic rings. The predicted octanol–water partition coefficient (Wildman–Crippen LogP) is -1.03. The van der Waals surface area contributed by atoms with Crippen molar-refractivity contribution in [1.82, 2.24) is 15.3 Å². The molecule has 0 spiro atoms. The molecule has 0 bridgehead atoms. The van der Waals surface area contributed by atoms with Crippen molar-refractivity contribution in [2.45, 2.75) is 12.1 Å². The molecule has 92 valence electrons. The van der Waals surface area contributed by atoms with Crippen molar-refractivity contribution in [2.24, 2.45) is 5.73 Å². The Hall–Kier alpha value is -1.73. The van der Waals surface area contributed by atoms with Crippen LogP contribution in [-0.2, 0) is 4.74 Å². The van der Waals surface area contributed by atoms with Crippen LogP contribution in [0.4, 0.5) is 5.82 Å². The van der Waals surface area contributed by atoms with Crippen molar-refractivity contribution in [2.75, 3.05) is 25.5 Å². The molecule has 0 aliphatic carbocycles. The maximum atomic E-state index is 11.0. The fraction of sp³-hybridized carbons (Fsp3) is 0.500. The van der Waals surface area contributed by atoms with Gasteiger partial charge in [-0.25, -0.2) is 4.98 Å². The van der Waals surface area contributed by atoms with Gasteiger partial charge in [0, 0.05) is 20.2 Å². The Balaban J connectivity index is 2.07. The van der Waals surface area contributed by atoms with Crippen molar-refractivity contribution >= 4 is 11.7 Å². The molecule has 0 aromatic carbocycles. The van der Waals surface area contributed by atoms with Gasteiger partial charge in [0.15, 0.2) is 0 Å². The molecule has 2 rings (SSSR count). The first kappa shape index (κ1) is 11.7. The standard InChI is InChI=1S/C10H15N5O2/c1-17-8-4-12-2-6(8)14-9-5-13-3-7(15-9)10(11)16/h3,5-6,8,12H,2,4H2,1H3,(H2,11,16)(H,14,15)/t6-,8-/m0/s1. The molecule has 1 amide bonds. The summed E-state index contributed by atoms with van der Waals surface area (Å²) >= 11 is 0. The number of nitrogens with two attached hydrogens (primary N) is 1. The van der Waals surface area contributed by atoms with E-state index in [0.29, 0.717) is 5.82 Å². The Morgan fingerprint density at radius 1 is 1.59 bits per heavy atom. The molecule has 1 fully saturated rings. The van der Waals surface area contributed by atoms with Crippen molar-refractivity contribution in [3.05, 3.63) is 18.1 Å². The van der Waals surface area contributed by atoms with Gasteiger partial charge < -0.3 is 21.1 Å². The number of primary amides is 1. The molecule has 0 unspecified atom stereocenters. The van der Waals surface area contributed by atoms with Crippen LogP contribution in [0.3, 0.4) is 0 Å². The number of nitrogens with zero attached hydrogens (tertiary/aromatic N) is 2. The molecule has 7 nitrogen and oxygen atoms in total. The van der Waals surface area contributed by atoms with E-state index in [4.69, 9.17) is 10.5 Å². The fourth-order valence-corrected chi connectivity index (χ4v) is 1.79. The molecule has 7 heteroatoms. The number of anilines is 1. The normalized spacial score (nSPS) is 23.6. The SMILES string of the molecule is CO[C@H]1CNC[C@@H]1Nc1cncc(C(N)=O)n1. The topological polar surface area (TPSA) is 102 Å². The van der Waals surface area contributed by atoms with E-state index in [1.807, 2.05) is 0 Å². The summed E-state index contributed by atoms with van der Waals surface area (Å²) in [6.07, 6.45) is 2.97. The molecule has 4 N–H and O–H groups in total. The second-order valence-electron chi connectivity index (χ2n) is 3.84. The van der Waals surface area contributed by atoms with Crippen LogP contribution >= 0.6 is 0 Å². The zero-order chi connectivity index (χ0) is 12.3. The van der Waals surface area contributed by atoms with Gasteiger partial charge in [-0.05, 0) is 0 Å². The smallest absolute Gasteiger partial charge is 0.268 e. The van der Waals surface area contributed by atoms with Gasteiger partial charge >= 0.3 is 0 Å². The van der Waals surface area contributed by atoms with Crippen LogP contribution in [0.1, 0.15) is 10.5 Å². The Morgan fingerprint density at radius 3 is 3.12 bits per heavy atom. The Bertz CT molecular complexity index is 411. The fourth-order valence-electron chi connectivity index (χ4n) is 1.79. The van der Waals surface area contributed by atoms with Crippen LogP contribution in [-0.4, -0.2) is 48.2 Å². The number of hydrogen-bond acceptors (Lipinski definition) is 6. The monoisotopic (exact) mass is 237 g/mol. The first-order chi connectivity index (χ1) is 8.20. The quantitative estimate of drug-likeness (QED) is 0.619. The minimum Gasteiger partial charge on any atom is -0.378 e. The molecule has 0 saturated carbocycles. The van der Waals surface area contributed by atoms with Gasteiger partial charge in [-0.1, -0.05) is 0 Å². The number of aromatic nitrogens is 2. The predicted molar refractivity (Wildman–Crippen MR) is 61.6 cm³/mol. The van der Waals surface area contributed by atoms with Crippen LogP contribution < -0.4 is 16.4 Å². The van der Waals surface area contributed by atoms with Gasteiger partial charge in [-0.3, -0.25) is 9.78 Å². The highest BCUT2D eigenvalue weighted by molar-refractivity contribution is 5.90. The van der Waals surface area contributed by atoms with E-state index in [-0.39, 0.29) is 17.8 Å². The lowest BCUT2D eigenvalue weighted by Crippen LogP contribution is -2.34. The minimum atomic E-state index is -0.589. The lowest BCUT2D eigenvalue weighted by molar-refractivity contribution is 0.0995. The van der Waals surface area contributed by atoms with E-state index >= 15 is 0 Å². The first-order valence-corrected chi connectivity index (χ1v) is 5.32. The summed E-state index contributed by atoms with van der Waals surface area (Å²) in [5.41, 5.74) is 5.29. The van der Waals surface area contributed by atoms with Crippen molar-refractivity contribution < 1.29 is 9.53 Å². The van der Waals surface area contributed by atoms with E-state index in [2.05, 4.69) is 20.6 Å². The molecule has 1 aliphatic heterocycles. The number of carbonyl (C=O) groups is 1. The summed E-state index contributed by atoms with van der Waals surface area (Å²) in [7, 11) is 1.66. The average molecular weight is 237 g/mol. The van der Waals surface area contributed by atoms with Crippen LogP contribution in [0.15, 0.2) is 12.4 Å². The number of rotatable bonds is 4. The summed E-state index contributed by atoms with van der Waals surface area (Å²) < 4.78 is 5.31. The zero-order valence-corrected chi connectivity index (χ0v) is 9.51. The highest BCUT2D eigenvalue weighted by Crippen LogP contribution is 2.10. The number of ether oxygens (including phenoxy) is 1. The molecule has 1 aromatic heterocycles. The zero-order valence-electron chi connectivity index (χ0n) is 9.51. The van der Waals surface area contributed by atoms with Crippen molar-refractivity contribution in [1.29, 1.82) is 0 Å². The molecule has 0 radical (unpaired) electrons. The van der Waals surface area contributed by atoms with Gasteiger partial charge in [0.1, 0.15) is 11.5 Å². The third kappa shape index (κ3) is 2.69. The maximum Gasteiger partial charge on any atom is 0.268 e. The Labute approximate surface area is 98.8 Å². The second-order valence-corrected chi connectivity index (χ2v) is 3.84. The van der Waals surface area contributed by atoms with Gasteiger partial charge in [-0.2, -0.15) is 0 Å². The number of amides is 1. The molecule has 2 heterocycles. The number of nitrogens with one attached hydrogen (secondary N) is 2. The third-order valence-electron chi connectivity index (χ3n) is 2.68. The summed E-state index contributed by atoms with van der Waals surface area (Å²) in [5.74, 6) is -0.0639. The number of hydrogen-bond donors (Lipinski definition) is 3. The van der Waals surface area contributed by atoms with Crippen molar-refractivity contribution in [3.8, 4) is 0 Å². The molecule has 1 saturated heterocycles. The van der Waals surface area contributed by atoms with Gasteiger partial charge in [-0.15, -0.1) is 0 Å². The maximum absolute atomic E-state index is 11.0. The second kappa shape index (κ2) is 5.07. The number of methoxy groups -OCH3 is 1. The molecular formula is C10H15N5O2. The van der Waals surface area contributed by atoms with Gasteiger partial charge in [0.25, 0.3) is 5.91 Å². The summed E-state index contributed by atoms with van der Waals surface area (Å²) in [6, 6.07) is 0.109. The summed E-state index contributed by atoms with van der Waals surface area (Å²) in [4.78, 5) is 19.0. The van der Waals surface area contributed by atoms with Gasteiger partial charge in [0.2, 0.25) is 0 Å². The minimum absolute atomic E-state index is 0.0778. The van der Waals surface area contributed by atoms with Crippen LogP contribution in [0.2, 0.25) is 0 Å². The molecule has 1 aliphatic rings. The lowest BCUT2D eigenvalue weighted by atomic mass is 10.2. The van der Waals surface area contributed by atoms with Crippen LogP contribution in [0, 0.1) is 0 Å². The molecular weight excluding hydrogens is 222 g/mol. The first-order valence-electron chi connectivity index (χ1n) is 5.32. The van der Waals surface area contributed by atoms with Crippen LogP contribution in [0.25, 0.3) is 0 Å². The largest absolute Gasteiger partial charge is 0.378 e. The van der Waals surface area contributed by atoms with Crippen LogP contribution in [0.5, 0.6) is 0 Å².